The van der Waals surface area contributed by atoms with Crippen LogP contribution in [0.2, 0.25) is 0 Å². The summed E-state index contributed by atoms with van der Waals surface area (Å²) in [6.45, 7) is 18.3. The van der Waals surface area contributed by atoms with Crippen molar-refractivity contribution in [3.05, 3.63) is 0 Å². The smallest absolute Gasteiger partial charge is 0.0603 e. The van der Waals surface area contributed by atoms with Gasteiger partial charge in [0.05, 0.1) is 12.2 Å². The highest BCUT2D eigenvalue weighted by molar-refractivity contribution is 4.74. The van der Waals surface area contributed by atoms with Crippen molar-refractivity contribution in [1.29, 1.82) is 0 Å². The van der Waals surface area contributed by atoms with Gasteiger partial charge in [-0.2, -0.15) is 0 Å². The maximum absolute atomic E-state index is 6.20. The highest BCUT2D eigenvalue weighted by atomic mass is 16.5. The van der Waals surface area contributed by atoms with Crippen LogP contribution in [0.25, 0.3) is 0 Å². The van der Waals surface area contributed by atoms with E-state index in [-0.39, 0.29) is 0 Å². The van der Waals surface area contributed by atoms with Crippen molar-refractivity contribution < 1.29 is 4.74 Å². The quantitative estimate of drug-likeness (QED) is 0.664. The molecule has 0 amide bonds. The van der Waals surface area contributed by atoms with E-state index in [1.165, 1.54) is 71.0 Å². The molecule has 2 rings (SSSR count). The molecular weight excluding hydrogens is 308 g/mol. The minimum Gasteiger partial charge on any atom is -0.375 e. The summed E-state index contributed by atoms with van der Waals surface area (Å²) in [7, 11) is 1.98. The number of likely N-dealkylation sites (tertiary alicyclic amines) is 1. The molecule has 0 spiro atoms. The number of hydrogen-bond donors (Lipinski definition) is 1. The SMILES string of the molecule is CC.CC.CCC(C)NC.CCN1CCC(OC2CCCCC2)CC1. The van der Waals surface area contributed by atoms with E-state index < -0.39 is 0 Å². The summed E-state index contributed by atoms with van der Waals surface area (Å²) >= 11 is 0. The van der Waals surface area contributed by atoms with Crippen LogP contribution in [0.5, 0.6) is 0 Å². The minimum atomic E-state index is 0.566. The van der Waals surface area contributed by atoms with Crippen LogP contribution >= 0.6 is 0 Å². The molecule has 1 aliphatic carbocycles. The second-order valence-electron chi connectivity index (χ2n) is 6.63. The third-order valence-corrected chi connectivity index (χ3v) is 5.02. The van der Waals surface area contributed by atoms with E-state index in [1.54, 1.807) is 0 Å². The Morgan fingerprint density at radius 2 is 1.36 bits per heavy atom. The lowest BCUT2D eigenvalue weighted by Gasteiger charge is -2.34. The number of nitrogens with zero attached hydrogens (tertiary/aromatic N) is 1. The third kappa shape index (κ3) is 14.7. The topological polar surface area (TPSA) is 24.5 Å². The van der Waals surface area contributed by atoms with Gasteiger partial charge in [0.2, 0.25) is 0 Å². The molecule has 0 bridgehead atoms. The molecule has 1 N–H and O–H groups in total. The first kappa shape index (κ1) is 27.1. The average Bonchev–Trinajstić information content (AvgIpc) is 2.72. The molecule has 3 heteroatoms. The van der Waals surface area contributed by atoms with Crippen molar-refractivity contribution in [2.75, 3.05) is 26.7 Å². The van der Waals surface area contributed by atoms with Crippen molar-refractivity contribution in [3.8, 4) is 0 Å². The molecule has 0 aromatic carbocycles. The van der Waals surface area contributed by atoms with Crippen LogP contribution in [0, 0.1) is 0 Å². The summed E-state index contributed by atoms with van der Waals surface area (Å²) in [6, 6.07) is 0.685. The summed E-state index contributed by atoms with van der Waals surface area (Å²) < 4.78 is 6.20. The maximum atomic E-state index is 6.20. The van der Waals surface area contributed by atoms with Crippen LogP contribution in [0.3, 0.4) is 0 Å². The monoisotopic (exact) mass is 358 g/mol. The van der Waals surface area contributed by atoms with Crippen LogP contribution in [0.1, 0.15) is 99.8 Å². The van der Waals surface area contributed by atoms with E-state index in [0.29, 0.717) is 18.2 Å². The molecular formula is C22H50N2O. The van der Waals surface area contributed by atoms with Gasteiger partial charge in [0.15, 0.2) is 0 Å². The summed E-state index contributed by atoms with van der Waals surface area (Å²) in [4.78, 5) is 2.53. The van der Waals surface area contributed by atoms with Crippen LogP contribution in [0.4, 0.5) is 0 Å². The van der Waals surface area contributed by atoms with Gasteiger partial charge in [-0.25, -0.2) is 0 Å². The van der Waals surface area contributed by atoms with E-state index in [9.17, 15) is 0 Å². The lowest BCUT2D eigenvalue weighted by Crippen LogP contribution is -2.38. The Hall–Kier alpha value is -0.120. The molecule has 154 valence electrons. The molecule has 2 fully saturated rings. The maximum Gasteiger partial charge on any atom is 0.0603 e. The van der Waals surface area contributed by atoms with Crippen LogP contribution < -0.4 is 5.32 Å². The predicted molar refractivity (Wildman–Crippen MR) is 115 cm³/mol. The van der Waals surface area contributed by atoms with Gasteiger partial charge in [0, 0.05) is 19.1 Å². The van der Waals surface area contributed by atoms with Gasteiger partial charge in [0.25, 0.3) is 0 Å². The first-order chi connectivity index (χ1) is 12.2. The number of hydrogen-bond acceptors (Lipinski definition) is 3. The van der Waals surface area contributed by atoms with E-state index in [1.807, 2.05) is 34.7 Å². The Morgan fingerprint density at radius 3 is 1.72 bits per heavy atom. The third-order valence-electron chi connectivity index (χ3n) is 5.02. The molecule has 1 aliphatic heterocycles. The van der Waals surface area contributed by atoms with E-state index in [0.717, 1.165) is 0 Å². The van der Waals surface area contributed by atoms with Crippen LogP contribution in [-0.4, -0.2) is 49.8 Å². The molecule has 25 heavy (non-hydrogen) atoms. The molecule has 2 aliphatic rings. The standard InChI is InChI=1S/C13H25NO.C5H13N.2C2H6/c1-2-14-10-8-13(9-11-14)15-12-6-4-3-5-7-12;1-4-5(2)6-3;2*1-2/h12-13H,2-11H2,1H3;5-6H,4H2,1-3H3;2*1-2H3. The van der Waals surface area contributed by atoms with Gasteiger partial charge in [-0.15, -0.1) is 0 Å². The van der Waals surface area contributed by atoms with Gasteiger partial charge in [-0.1, -0.05) is 60.8 Å². The Bertz CT molecular complexity index is 230. The van der Waals surface area contributed by atoms with Crippen molar-refractivity contribution in [1.82, 2.24) is 10.2 Å². The molecule has 1 heterocycles. The van der Waals surface area contributed by atoms with Gasteiger partial charge < -0.3 is 15.0 Å². The van der Waals surface area contributed by atoms with E-state index in [2.05, 4.69) is 31.0 Å². The van der Waals surface area contributed by atoms with Gasteiger partial charge in [-0.05, 0) is 52.6 Å². The number of piperidine rings is 1. The number of nitrogens with one attached hydrogen (secondary N) is 1. The van der Waals surface area contributed by atoms with Crippen molar-refractivity contribution in [2.24, 2.45) is 0 Å². The summed E-state index contributed by atoms with van der Waals surface area (Å²) in [6.07, 6.45) is 11.7. The lowest BCUT2D eigenvalue weighted by atomic mass is 9.97. The molecule has 1 saturated heterocycles. The molecule has 1 saturated carbocycles. The van der Waals surface area contributed by atoms with Crippen molar-refractivity contribution >= 4 is 0 Å². The molecule has 3 nitrogen and oxygen atoms in total. The fraction of sp³-hybridized carbons (Fsp3) is 1.00. The van der Waals surface area contributed by atoms with E-state index >= 15 is 0 Å². The second-order valence-corrected chi connectivity index (χ2v) is 6.63. The number of rotatable bonds is 5. The highest BCUT2D eigenvalue weighted by Gasteiger charge is 2.22. The fourth-order valence-electron chi connectivity index (χ4n) is 3.04. The Labute approximate surface area is 160 Å². The normalized spacial score (nSPS) is 20.2. The molecule has 0 aromatic rings. The molecule has 1 atom stereocenters. The van der Waals surface area contributed by atoms with Crippen molar-refractivity contribution in [2.45, 2.75) is 118 Å². The van der Waals surface area contributed by atoms with Gasteiger partial charge in [-0.3, -0.25) is 0 Å². The predicted octanol–water partition coefficient (Wildman–Crippen LogP) is 5.88. The van der Waals surface area contributed by atoms with Gasteiger partial charge >= 0.3 is 0 Å². The number of ether oxygens (including phenoxy) is 1. The molecule has 1 unspecified atom stereocenters. The Morgan fingerprint density at radius 1 is 0.880 bits per heavy atom. The zero-order valence-electron chi connectivity index (χ0n) is 18.9. The zero-order valence-corrected chi connectivity index (χ0v) is 18.9. The molecule has 0 radical (unpaired) electrons. The van der Waals surface area contributed by atoms with Crippen LogP contribution in [-0.2, 0) is 4.74 Å². The summed E-state index contributed by atoms with van der Waals surface area (Å²) in [5, 5.41) is 3.11. The zero-order chi connectivity index (χ0) is 19.5. The fourth-order valence-corrected chi connectivity index (χ4v) is 3.04. The van der Waals surface area contributed by atoms with E-state index in [4.69, 9.17) is 4.74 Å². The summed E-state index contributed by atoms with van der Waals surface area (Å²) in [5.74, 6) is 0. The Kier molecular flexibility index (Phi) is 21.9. The first-order valence-electron chi connectivity index (χ1n) is 11.2. The summed E-state index contributed by atoms with van der Waals surface area (Å²) in [5.41, 5.74) is 0. The average molecular weight is 359 g/mol. The van der Waals surface area contributed by atoms with Crippen molar-refractivity contribution in [3.63, 3.8) is 0 Å². The highest BCUT2D eigenvalue weighted by Crippen LogP contribution is 2.24. The largest absolute Gasteiger partial charge is 0.375 e. The first-order valence-corrected chi connectivity index (χ1v) is 11.2. The van der Waals surface area contributed by atoms with Gasteiger partial charge in [0.1, 0.15) is 0 Å². The minimum absolute atomic E-state index is 0.566. The lowest BCUT2D eigenvalue weighted by molar-refractivity contribution is -0.0552. The Balaban J connectivity index is 0. The molecule has 0 aromatic heterocycles. The van der Waals surface area contributed by atoms with Crippen LogP contribution in [0.15, 0.2) is 0 Å². The second kappa shape index (κ2) is 20.2.